The molecule has 5 nitrogen and oxygen atoms in total. The molecule has 3 heterocycles. The number of hydrogen-bond acceptors (Lipinski definition) is 5. The van der Waals surface area contributed by atoms with E-state index in [4.69, 9.17) is 4.74 Å². The van der Waals surface area contributed by atoms with Crippen LogP contribution in [-0.4, -0.2) is 56.2 Å². The number of ether oxygens (including phenoxy) is 1. The summed E-state index contributed by atoms with van der Waals surface area (Å²) in [5, 5.41) is 0.944. The number of likely N-dealkylation sites (tertiary alicyclic amines) is 1. The summed E-state index contributed by atoms with van der Waals surface area (Å²) in [5.41, 5.74) is 1.13. The molecule has 7 heteroatoms. The second-order valence-electron chi connectivity index (χ2n) is 7.02. The Labute approximate surface area is 156 Å². The van der Waals surface area contributed by atoms with Gasteiger partial charge in [0.15, 0.2) is 5.06 Å². The molecule has 0 saturated carbocycles. The Balaban J connectivity index is 1.48. The van der Waals surface area contributed by atoms with E-state index in [2.05, 4.69) is 11.0 Å². The van der Waals surface area contributed by atoms with Crippen LogP contribution in [0.1, 0.15) is 49.5 Å². The highest BCUT2D eigenvalue weighted by Crippen LogP contribution is 2.34. The van der Waals surface area contributed by atoms with E-state index in [9.17, 15) is 8.42 Å². The van der Waals surface area contributed by atoms with Crippen LogP contribution in [0, 0.1) is 0 Å². The van der Waals surface area contributed by atoms with Crippen LogP contribution in [0.25, 0.3) is 0 Å². The van der Waals surface area contributed by atoms with Gasteiger partial charge in [-0.2, -0.15) is 4.31 Å². The van der Waals surface area contributed by atoms with Crippen molar-refractivity contribution in [1.82, 2.24) is 9.21 Å². The molecule has 0 unspecified atom stereocenters. The van der Waals surface area contributed by atoms with Crippen LogP contribution >= 0.6 is 11.3 Å². The minimum absolute atomic E-state index is 0.267. The van der Waals surface area contributed by atoms with Crippen molar-refractivity contribution in [2.75, 3.05) is 38.5 Å². The fourth-order valence-electron chi connectivity index (χ4n) is 3.51. The molecule has 1 aromatic heterocycles. The number of fused-ring (bicyclic) bond motifs is 1. The van der Waals surface area contributed by atoms with Gasteiger partial charge in [-0.1, -0.05) is 13.3 Å². The molecule has 2 aliphatic rings. The summed E-state index contributed by atoms with van der Waals surface area (Å²) in [5.74, 6) is 0.267. The lowest BCUT2D eigenvalue weighted by Crippen LogP contribution is -2.36. The number of rotatable bonds is 9. The van der Waals surface area contributed by atoms with Crippen molar-refractivity contribution in [1.29, 1.82) is 0 Å². The maximum Gasteiger partial charge on any atom is 0.214 e. The number of nitrogens with zero attached hydrogens (tertiary/aromatic N) is 2. The summed E-state index contributed by atoms with van der Waals surface area (Å²) in [4.78, 5) is 3.79. The standard InChI is InChI=1S/C18H30N2O3S2/c1-2-3-13-25(21,22)20-11-7-17-16(15-20)14-18(24-17)23-12-6-10-19-8-4-5-9-19/h14H,2-13,15H2,1H3. The van der Waals surface area contributed by atoms with E-state index in [1.54, 1.807) is 15.6 Å². The van der Waals surface area contributed by atoms with Gasteiger partial charge < -0.3 is 9.64 Å². The van der Waals surface area contributed by atoms with Gasteiger partial charge in [0.25, 0.3) is 0 Å². The molecule has 0 spiro atoms. The first-order valence-electron chi connectivity index (χ1n) is 9.53. The maximum absolute atomic E-state index is 12.4. The van der Waals surface area contributed by atoms with Crippen molar-refractivity contribution in [3.8, 4) is 5.06 Å². The smallest absolute Gasteiger partial charge is 0.214 e. The molecule has 0 N–H and O–H groups in total. The average Bonchev–Trinajstić information content (AvgIpc) is 3.25. The van der Waals surface area contributed by atoms with Crippen molar-refractivity contribution in [2.45, 2.75) is 52.0 Å². The first-order valence-corrected chi connectivity index (χ1v) is 12.0. The third-order valence-corrected chi connectivity index (χ3v) is 8.07. The fourth-order valence-corrected chi connectivity index (χ4v) is 6.16. The molecule has 142 valence electrons. The van der Waals surface area contributed by atoms with Gasteiger partial charge in [0.2, 0.25) is 10.0 Å². The monoisotopic (exact) mass is 386 g/mol. The minimum Gasteiger partial charge on any atom is -0.484 e. The zero-order chi connectivity index (χ0) is 17.7. The van der Waals surface area contributed by atoms with Gasteiger partial charge in [0.1, 0.15) is 0 Å². The van der Waals surface area contributed by atoms with Gasteiger partial charge in [0, 0.05) is 24.5 Å². The fraction of sp³-hybridized carbons (Fsp3) is 0.778. The summed E-state index contributed by atoms with van der Waals surface area (Å²) in [7, 11) is -3.12. The molecule has 1 aromatic rings. The van der Waals surface area contributed by atoms with Gasteiger partial charge in [-0.15, -0.1) is 11.3 Å². The lowest BCUT2D eigenvalue weighted by atomic mass is 10.1. The van der Waals surface area contributed by atoms with Gasteiger partial charge in [-0.3, -0.25) is 0 Å². The zero-order valence-corrected chi connectivity index (χ0v) is 16.8. The normalized spacial score (nSPS) is 19.2. The van der Waals surface area contributed by atoms with Gasteiger partial charge >= 0.3 is 0 Å². The van der Waals surface area contributed by atoms with E-state index in [1.165, 1.54) is 30.8 Å². The molecule has 2 aliphatic heterocycles. The summed E-state index contributed by atoms with van der Waals surface area (Å²) < 4.78 is 32.4. The molecule has 1 fully saturated rings. The first-order chi connectivity index (χ1) is 12.1. The van der Waals surface area contributed by atoms with Crippen LogP contribution < -0.4 is 4.74 Å². The highest BCUT2D eigenvalue weighted by atomic mass is 32.2. The van der Waals surface area contributed by atoms with Gasteiger partial charge in [-0.05, 0) is 56.8 Å². The SMILES string of the molecule is CCCCS(=O)(=O)N1CCc2sc(OCCCN3CCCC3)cc2C1. The first kappa shape index (κ1) is 19.1. The third-order valence-electron chi connectivity index (χ3n) is 5.02. The molecule has 1 saturated heterocycles. The second-order valence-corrected chi connectivity index (χ2v) is 10.2. The Morgan fingerprint density at radius 3 is 2.76 bits per heavy atom. The quantitative estimate of drug-likeness (QED) is 0.612. The zero-order valence-electron chi connectivity index (χ0n) is 15.2. The van der Waals surface area contributed by atoms with Gasteiger partial charge in [-0.25, -0.2) is 8.42 Å². The van der Waals surface area contributed by atoms with Crippen molar-refractivity contribution in [3.05, 3.63) is 16.5 Å². The average molecular weight is 387 g/mol. The maximum atomic E-state index is 12.4. The molecule has 0 aliphatic carbocycles. The van der Waals surface area contributed by atoms with E-state index in [-0.39, 0.29) is 5.75 Å². The third kappa shape index (κ3) is 5.18. The Hall–Kier alpha value is -0.630. The van der Waals surface area contributed by atoms with Gasteiger partial charge in [0.05, 0.1) is 12.4 Å². The van der Waals surface area contributed by atoms with Crippen LogP contribution in [0.3, 0.4) is 0 Å². The van der Waals surface area contributed by atoms with E-state index >= 15 is 0 Å². The number of unbranched alkanes of at least 4 members (excludes halogenated alkanes) is 1. The summed E-state index contributed by atoms with van der Waals surface area (Å²) in [6.45, 7) is 7.47. The molecule has 25 heavy (non-hydrogen) atoms. The molecule has 0 amide bonds. The minimum atomic E-state index is -3.12. The molecule has 0 aromatic carbocycles. The van der Waals surface area contributed by atoms with Crippen LogP contribution in [0.2, 0.25) is 0 Å². The molecule has 0 bridgehead atoms. The summed E-state index contributed by atoms with van der Waals surface area (Å²) in [6, 6.07) is 2.05. The summed E-state index contributed by atoms with van der Waals surface area (Å²) in [6.07, 6.45) is 6.17. The molecule has 3 rings (SSSR count). The number of thiophene rings is 1. The van der Waals surface area contributed by atoms with E-state index in [0.717, 1.165) is 49.5 Å². The van der Waals surface area contributed by atoms with Crippen LogP contribution in [-0.2, 0) is 23.0 Å². The number of hydrogen-bond donors (Lipinski definition) is 0. The van der Waals surface area contributed by atoms with Crippen LogP contribution in [0.4, 0.5) is 0 Å². The predicted molar refractivity (Wildman–Crippen MR) is 103 cm³/mol. The highest BCUT2D eigenvalue weighted by molar-refractivity contribution is 7.89. The molecular weight excluding hydrogens is 356 g/mol. The largest absolute Gasteiger partial charge is 0.484 e. The summed E-state index contributed by atoms with van der Waals surface area (Å²) >= 11 is 1.69. The Kier molecular flexibility index (Phi) is 6.77. The van der Waals surface area contributed by atoms with E-state index < -0.39 is 10.0 Å². The lowest BCUT2D eigenvalue weighted by molar-refractivity contribution is 0.267. The predicted octanol–water partition coefficient (Wildman–Crippen LogP) is 3.10. The Morgan fingerprint density at radius 1 is 1.20 bits per heavy atom. The Morgan fingerprint density at radius 2 is 2.00 bits per heavy atom. The van der Waals surface area contributed by atoms with E-state index in [1.807, 2.05) is 6.92 Å². The second kappa shape index (κ2) is 8.84. The number of sulfonamides is 1. The van der Waals surface area contributed by atoms with Crippen LogP contribution in [0.15, 0.2) is 6.07 Å². The molecule has 0 radical (unpaired) electrons. The van der Waals surface area contributed by atoms with Crippen molar-refractivity contribution >= 4 is 21.4 Å². The lowest BCUT2D eigenvalue weighted by Gasteiger charge is -2.25. The molecule has 0 atom stereocenters. The van der Waals surface area contributed by atoms with Crippen molar-refractivity contribution < 1.29 is 13.2 Å². The highest BCUT2D eigenvalue weighted by Gasteiger charge is 2.27. The van der Waals surface area contributed by atoms with Crippen molar-refractivity contribution in [3.63, 3.8) is 0 Å². The van der Waals surface area contributed by atoms with Crippen molar-refractivity contribution in [2.24, 2.45) is 0 Å². The topological polar surface area (TPSA) is 49.9 Å². The van der Waals surface area contributed by atoms with Crippen LogP contribution in [0.5, 0.6) is 5.06 Å². The van der Waals surface area contributed by atoms with E-state index in [0.29, 0.717) is 13.1 Å². The Bertz CT molecular complexity index is 651. The molecular formula is C18H30N2O3S2.